The van der Waals surface area contributed by atoms with Crippen LogP contribution in [-0.2, 0) is 16.0 Å². The molecule has 2 heterocycles. The number of carboxylic acids is 1. The summed E-state index contributed by atoms with van der Waals surface area (Å²) in [5.74, 6) is -1.66. The molecular weight excluding hydrogens is 396 g/mol. The molecule has 26 heavy (non-hydrogen) atoms. The monoisotopic (exact) mass is 408 g/mol. The zero-order valence-corrected chi connectivity index (χ0v) is 15.5. The van der Waals surface area contributed by atoms with Gasteiger partial charge in [-0.15, -0.1) is 0 Å². The molecule has 1 aromatic carbocycles. The van der Waals surface area contributed by atoms with Crippen molar-refractivity contribution in [2.24, 2.45) is 0 Å². The third kappa shape index (κ3) is 4.03. The van der Waals surface area contributed by atoms with Crippen LogP contribution in [0.15, 0.2) is 34.0 Å². The van der Waals surface area contributed by atoms with Crippen molar-refractivity contribution in [3.05, 3.63) is 54.8 Å². The number of nitrogens with zero attached hydrogens (tertiary/aromatic N) is 1. The van der Waals surface area contributed by atoms with Crippen molar-refractivity contribution in [1.82, 2.24) is 9.88 Å². The summed E-state index contributed by atoms with van der Waals surface area (Å²) < 4.78 is 0.220. The first-order chi connectivity index (χ1) is 12.3. The van der Waals surface area contributed by atoms with Crippen molar-refractivity contribution in [2.75, 3.05) is 6.54 Å². The average molecular weight is 408 g/mol. The number of thioether (sulfide) groups is 1. The highest BCUT2D eigenvalue weighted by atomic mass is 32.2. The predicted octanol–water partition coefficient (Wildman–Crippen LogP) is 2.02. The molecule has 1 saturated heterocycles. The Hall–Kier alpha value is -2.43. The fraction of sp³-hybridized carbons (Fsp3) is 0.125. The Labute approximate surface area is 161 Å². The molecule has 1 aliphatic heterocycles. The summed E-state index contributed by atoms with van der Waals surface area (Å²) in [6, 6.07) is 7.25. The van der Waals surface area contributed by atoms with E-state index in [0.29, 0.717) is 16.2 Å². The lowest BCUT2D eigenvalue weighted by molar-refractivity contribution is -0.140. The molecule has 0 bridgehead atoms. The van der Waals surface area contributed by atoms with Gasteiger partial charge >= 0.3 is 10.8 Å². The minimum Gasteiger partial charge on any atom is -0.494 e. The van der Waals surface area contributed by atoms with Gasteiger partial charge in [0.05, 0.1) is 9.78 Å². The molecule has 0 unspecified atom stereocenters. The van der Waals surface area contributed by atoms with Gasteiger partial charge in [-0.1, -0.05) is 59.6 Å². The van der Waals surface area contributed by atoms with Gasteiger partial charge in [0.25, 0.3) is 5.91 Å². The molecule has 1 aromatic heterocycles. The highest BCUT2D eigenvalue weighted by Gasteiger charge is 2.33. The summed E-state index contributed by atoms with van der Waals surface area (Å²) >= 11 is 7.07. The zero-order valence-electron chi connectivity index (χ0n) is 13.1. The molecular formula is C16H12N2O5S3. The SMILES string of the molecule is O=C(O)CN1C(=O)C(=Cc2ccc(Cc3sc(=O)[nH]c3O)cc2)SC1=S. The van der Waals surface area contributed by atoms with Crippen LogP contribution in [0.4, 0.5) is 0 Å². The van der Waals surface area contributed by atoms with E-state index in [9.17, 15) is 19.5 Å². The fourth-order valence-electron chi connectivity index (χ4n) is 2.31. The van der Waals surface area contributed by atoms with Gasteiger partial charge in [0.1, 0.15) is 10.9 Å². The van der Waals surface area contributed by atoms with Gasteiger partial charge in [-0.25, -0.2) is 0 Å². The Balaban J connectivity index is 1.75. The van der Waals surface area contributed by atoms with Gasteiger partial charge < -0.3 is 10.2 Å². The molecule has 2 aromatic rings. The van der Waals surface area contributed by atoms with Gasteiger partial charge in [-0.2, -0.15) is 0 Å². The van der Waals surface area contributed by atoms with Crippen molar-refractivity contribution in [3.8, 4) is 5.88 Å². The van der Waals surface area contributed by atoms with E-state index in [2.05, 4.69) is 4.98 Å². The largest absolute Gasteiger partial charge is 0.494 e. The molecule has 0 spiro atoms. The zero-order chi connectivity index (χ0) is 18.8. The van der Waals surface area contributed by atoms with Crippen LogP contribution < -0.4 is 4.87 Å². The average Bonchev–Trinajstić information content (AvgIpc) is 3.02. The van der Waals surface area contributed by atoms with E-state index in [0.717, 1.165) is 39.1 Å². The molecule has 0 atom stereocenters. The van der Waals surface area contributed by atoms with E-state index in [-0.39, 0.29) is 15.1 Å². The number of rotatable bonds is 5. The molecule has 7 nitrogen and oxygen atoms in total. The lowest BCUT2D eigenvalue weighted by Crippen LogP contribution is -2.33. The number of thiazole rings is 1. The molecule has 1 aliphatic rings. The molecule has 0 saturated carbocycles. The predicted molar refractivity (Wildman–Crippen MR) is 103 cm³/mol. The van der Waals surface area contributed by atoms with Crippen molar-refractivity contribution in [2.45, 2.75) is 6.42 Å². The van der Waals surface area contributed by atoms with Crippen LogP contribution in [0.5, 0.6) is 5.88 Å². The first-order valence-corrected chi connectivity index (χ1v) is 9.34. The molecule has 0 aliphatic carbocycles. The first-order valence-electron chi connectivity index (χ1n) is 7.30. The number of nitrogens with one attached hydrogen (secondary N) is 1. The number of carboxylic acid groups (broad SMARTS) is 1. The number of amides is 1. The van der Waals surface area contributed by atoms with Crippen LogP contribution in [0.3, 0.4) is 0 Å². The summed E-state index contributed by atoms with van der Waals surface area (Å²) in [6.45, 7) is -0.454. The fourth-order valence-corrected chi connectivity index (χ4v) is 4.33. The van der Waals surface area contributed by atoms with E-state index < -0.39 is 18.4 Å². The van der Waals surface area contributed by atoms with Gasteiger partial charge in [-0.05, 0) is 17.2 Å². The van der Waals surface area contributed by atoms with E-state index in [4.69, 9.17) is 17.3 Å². The van der Waals surface area contributed by atoms with Gasteiger partial charge in [-0.3, -0.25) is 24.3 Å². The summed E-state index contributed by atoms with van der Waals surface area (Å²) in [5.41, 5.74) is 1.65. The summed E-state index contributed by atoms with van der Waals surface area (Å²) in [4.78, 5) is 38.2. The number of thiocarbonyl (C=S) groups is 1. The number of aromatic nitrogens is 1. The lowest BCUT2D eigenvalue weighted by atomic mass is 10.1. The molecule has 1 amide bonds. The number of aliphatic carboxylic acids is 1. The molecule has 1 fully saturated rings. The van der Waals surface area contributed by atoms with Crippen LogP contribution in [0, 0.1) is 0 Å². The Bertz CT molecular complexity index is 975. The highest BCUT2D eigenvalue weighted by Crippen LogP contribution is 2.32. The Morgan fingerprint density at radius 3 is 2.54 bits per heavy atom. The normalized spacial score (nSPS) is 15.8. The van der Waals surface area contributed by atoms with Gasteiger partial charge in [0.2, 0.25) is 5.88 Å². The maximum Gasteiger partial charge on any atom is 0.323 e. The molecule has 10 heteroatoms. The maximum atomic E-state index is 12.2. The van der Waals surface area contributed by atoms with Crippen molar-refractivity contribution >= 4 is 57.6 Å². The number of carbonyl (C=O) groups excluding carboxylic acids is 1. The first kappa shape index (κ1) is 18.4. The van der Waals surface area contributed by atoms with Crippen LogP contribution in [-0.4, -0.2) is 42.8 Å². The van der Waals surface area contributed by atoms with Crippen LogP contribution in [0.1, 0.15) is 16.0 Å². The number of hydrogen-bond acceptors (Lipinski definition) is 7. The summed E-state index contributed by atoms with van der Waals surface area (Å²) in [6.07, 6.45) is 2.06. The number of benzene rings is 1. The quantitative estimate of drug-likeness (QED) is 0.513. The molecule has 0 radical (unpaired) electrons. The minimum atomic E-state index is -1.12. The Kier molecular flexibility index (Phi) is 5.25. The third-order valence-corrected chi connectivity index (χ3v) is 5.76. The van der Waals surface area contributed by atoms with Gasteiger partial charge in [0.15, 0.2) is 0 Å². The molecule has 134 valence electrons. The van der Waals surface area contributed by atoms with E-state index in [1.165, 1.54) is 0 Å². The second-order valence-corrected chi connectivity index (χ2v) is 8.11. The highest BCUT2D eigenvalue weighted by molar-refractivity contribution is 8.26. The summed E-state index contributed by atoms with van der Waals surface area (Å²) in [5, 5.41) is 18.5. The van der Waals surface area contributed by atoms with E-state index in [1.807, 2.05) is 12.1 Å². The van der Waals surface area contributed by atoms with Crippen LogP contribution in [0.25, 0.3) is 6.08 Å². The Morgan fingerprint density at radius 1 is 1.27 bits per heavy atom. The smallest absolute Gasteiger partial charge is 0.323 e. The number of aromatic hydroxyl groups is 1. The Morgan fingerprint density at radius 2 is 1.96 bits per heavy atom. The number of aromatic amines is 1. The van der Waals surface area contributed by atoms with Crippen molar-refractivity contribution < 1.29 is 19.8 Å². The maximum absolute atomic E-state index is 12.2. The van der Waals surface area contributed by atoms with Crippen LogP contribution >= 0.6 is 35.3 Å². The van der Waals surface area contributed by atoms with Crippen LogP contribution in [0.2, 0.25) is 0 Å². The van der Waals surface area contributed by atoms with Gasteiger partial charge in [0, 0.05) is 6.42 Å². The topological polar surface area (TPSA) is 111 Å². The van der Waals surface area contributed by atoms with Crippen molar-refractivity contribution in [1.29, 1.82) is 0 Å². The minimum absolute atomic E-state index is 0.119. The third-order valence-electron chi connectivity index (χ3n) is 3.51. The second-order valence-electron chi connectivity index (χ2n) is 5.37. The standard InChI is InChI=1S/C16H12N2O5S3/c19-12(20)7-18-14(22)11(26-16(18)24)6-9-3-1-8(2-4-9)5-10-13(21)17-15(23)25-10/h1-4,6,21H,5,7H2,(H,17,23)(H,19,20). The lowest BCUT2D eigenvalue weighted by Gasteiger charge is -2.10. The van der Waals surface area contributed by atoms with E-state index >= 15 is 0 Å². The number of carbonyl (C=O) groups is 2. The van der Waals surface area contributed by atoms with Crippen molar-refractivity contribution in [3.63, 3.8) is 0 Å². The van der Waals surface area contributed by atoms with E-state index in [1.54, 1.807) is 18.2 Å². The molecule has 3 N–H and O–H groups in total. The number of hydrogen-bond donors (Lipinski definition) is 3. The second kappa shape index (κ2) is 7.44. The molecule has 3 rings (SSSR count). The number of H-pyrrole nitrogens is 1. The summed E-state index contributed by atoms with van der Waals surface area (Å²) in [7, 11) is 0.